The first-order valence-corrected chi connectivity index (χ1v) is 7.86. The highest BCUT2D eigenvalue weighted by atomic mass is 79.9. The van der Waals surface area contributed by atoms with Gasteiger partial charge in [-0.25, -0.2) is 0 Å². The molecule has 0 heterocycles. The van der Waals surface area contributed by atoms with Crippen LogP contribution in [0.15, 0.2) is 46.9 Å². The van der Waals surface area contributed by atoms with Gasteiger partial charge in [0.2, 0.25) is 0 Å². The van der Waals surface area contributed by atoms with E-state index in [0.717, 1.165) is 33.5 Å². The van der Waals surface area contributed by atoms with Gasteiger partial charge in [0, 0.05) is 16.1 Å². The van der Waals surface area contributed by atoms with Crippen molar-refractivity contribution >= 4 is 27.5 Å². The molecule has 2 rings (SSSR count). The Morgan fingerprint density at radius 2 is 1.95 bits per heavy atom. The molecule has 0 saturated carbocycles. The predicted molar refractivity (Wildman–Crippen MR) is 88.3 cm³/mol. The Morgan fingerprint density at radius 3 is 2.60 bits per heavy atom. The molecular weight excluding hydrogens is 336 g/mol. The van der Waals surface area contributed by atoms with Crippen LogP contribution in [0.3, 0.4) is 0 Å². The summed E-state index contributed by atoms with van der Waals surface area (Å²) < 4.78 is 1.07. The zero-order valence-corrected chi connectivity index (χ0v) is 13.8. The average molecular weight is 354 g/mol. The maximum absolute atomic E-state index is 9.61. The third-order valence-corrected chi connectivity index (χ3v) is 4.23. The minimum Gasteiger partial charge on any atom is -0.396 e. The molecule has 0 amide bonds. The lowest BCUT2D eigenvalue weighted by atomic mass is 9.93. The summed E-state index contributed by atoms with van der Waals surface area (Å²) in [5, 5.41) is 10.4. The molecule has 1 N–H and O–H groups in total. The van der Waals surface area contributed by atoms with Crippen molar-refractivity contribution < 1.29 is 5.11 Å². The first-order valence-electron chi connectivity index (χ1n) is 6.69. The van der Waals surface area contributed by atoms with Gasteiger partial charge >= 0.3 is 0 Å². The summed E-state index contributed by atoms with van der Waals surface area (Å²) in [4.78, 5) is 0. The van der Waals surface area contributed by atoms with Crippen molar-refractivity contribution in [2.45, 2.75) is 19.8 Å². The van der Waals surface area contributed by atoms with Crippen LogP contribution >= 0.6 is 27.5 Å². The highest BCUT2D eigenvalue weighted by Crippen LogP contribution is 2.23. The Morgan fingerprint density at radius 1 is 1.15 bits per heavy atom. The van der Waals surface area contributed by atoms with Gasteiger partial charge in [-0.15, -0.1) is 0 Å². The second kappa shape index (κ2) is 7.26. The highest BCUT2D eigenvalue weighted by molar-refractivity contribution is 9.10. The fourth-order valence-electron chi connectivity index (χ4n) is 2.33. The van der Waals surface area contributed by atoms with E-state index in [1.807, 2.05) is 25.1 Å². The lowest BCUT2D eigenvalue weighted by molar-refractivity contribution is 0.225. The van der Waals surface area contributed by atoms with Gasteiger partial charge in [-0.05, 0) is 60.6 Å². The van der Waals surface area contributed by atoms with Crippen molar-refractivity contribution in [2.75, 3.05) is 6.61 Å². The quantitative estimate of drug-likeness (QED) is 0.818. The van der Waals surface area contributed by atoms with Gasteiger partial charge in [-0.3, -0.25) is 0 Å². The van der Waals surface area contributed by atoms with Gasteiger partial charge in [0.25, 0.3) is 0 Å². The molecule has 0 radical (unpaired) electrons. The molecule has 0 spiro atoms. The van der Waals surface area contributed by atoms with Crippen molar-refractivity contribution in [3.8, 4) is 0 Å². The Hall–Kier alpha value is -0.830. The smallest absolute Gasteiger partial charge is 0.0465 e. The topological polar surface area (TPSA) is 20.2 Å². The van der Waals surface area contributed by atoms with E-state index in [4.69, 9.17) is 11.6 Å². The Bertz CT molecular complexity index is 583. The van der Waals surface area contributed by atoms with E-state index in [9.17, 15) is 5.11 Å². The fourth-order valence-corrected chi connectivity index (χ4v) is 3.09. The molecule has 0 bridgehead atoms. The zero-order chi connectivity index (χ0) is 14.5. The van der Waals surface area contributed by atoms with Crippen LogP contribution in [-0.2, 0) is 12.8 Å². The Kier molecular flexibility index (Phi) is 5.64. The third kappa shape index (κ3) is 4.34. The van der Waals surface area contributed by atoms with E-state index < -0.39 is 0 Å². The molecule has 0 aliphatic carbocycles. The fraction of sp³-hybridized carbons (Fsp3) is 0.294. The number of aliphatic hydroxyl groups excluding tert-OH is 1. The third-order valence-electron chi connectivity index (χ3n) is 3.39. The van der Waals surface area contributed by atoms with E-state index in [1.54, 1.807) is 0 Å². The summed E-state index contributed by atoms with van der Waals surface area (Å²) in [7, 11) is 0. The number of benzene rings is 2. The van der Waals surface area contributed by atoms with Crippen LogP contribution in [0.5, 0.6) is 0 Å². The van der Waals surface area contributed by atoms with E-state index >= 15 is 0 Å². The maximum atomic E-state index is 9.61. The normalized spacial score (nSPS) is 12.4. The Labute approximate surface area is 133 Å². The molecule has 2 aromatic carbocycles. The van der Waals surface area contributed by atoms with E-state index in [1.165, 1.54) is 5.56 Å². The van der Waals surface area contributed by atoms with Crippen LogP contribution in [-0.4, -0.2) is 11.7 Å². The number of hydrogen-bond donors (Lipinski definition) is 1. The van der Waals surface area contributed by atoms with Crippen molar-refractivity contribution in [2.24, 2.45) is 5.92 Å². The lowest BCUT2D eigenvalue weighted by Gasteiger charge is -2.16. The summed E-state index contributed by atoms with van der Waals surface area (Å²) in [6, 6.07) is 14.3. The van der Waals surface area contributed by atoms with Crippen LogP contribution in [0, 0.1) is 12.8 Å². The average Bonchev–Trinajstić information content (AvgIpc) is 2.41. The van der Waals surface area contributed by atoms with E-state index in [2.05, 4.69) is 40.2 Å². The van der Waals surface area contributed by atoms with Gasteiger partial charge in [0.1, 0.15) is 0 Å². The van der Waals surface area contributed by atoms with E-state index in [0.29, 0.717) is 0 Å². The molecular formula is C17H18BrClO. The van der Waals surface area contributed by atoms with Crippen LogP contribution < -0.4 is 0 Å². The zero-order valence-electron chi connectivity index (χ0n) is 11.4. The number of halogens is 2. The summed E-state index contributed by atoms with van der Waals surface area (Å²) in [6.45, 7) is 2.19. The molecule has 0 fully saturated rings. The molecule has 0 aromatic heterocycles. The van der Waals surface area contributed by atoms with Crippen molar-refractivity contribution in [1.29, 1.82) is 0 Å². The number of hydrogen-bond acceptors (Lipinski definition) is 1. The van der Waals surface area contributed by atoms with Crippen LogP contribution in [0.1, 0.15) is 16.7 Å². The van der Waals surface area contributed by atoms with Gasteiger partial charge < -0.3 is 5.11 Å². The minimum atomic E-state index is 0.163. The van der Waals surface area contributed by atoms with Crippen molar-refractivity contribution in [3.05, 3.63) is 68.7 Å². The molecule has 1 unspecified atom stereocenters. The van der Waals surface area contributed by atoms with Gasteiger partial charge in [0.05, 0.1) is 0 Å². The lowest BCUT2D eigenvalue weighted by Crippen LogP contribution is -2.13. The van der Waals surface area contributed by atoms with Crippen LogP contribution in [0.4, 0.5) is 0 Å². The molecule has 0 aliphatic rings. The van der Waals surface area contributed by atoms with Gasteiger partial charge in [0.15, 0.2) is 0 Å². The first kappa shape index (κ1) is 15.6. The summed E-state index contributed by atoms with van der Waals surface area (Å²) in [5.41, 5.74) is 3.49. The second-order valence-electron chi connectivity index (χ2n) is 5.18. The monoisotopic (exact) mass is 352 g/mol. The number of rotatable bonds is 5. The van der Waals surface area contributed by atoms with Gasteiger partial charge in [-0.2, -0.15) is 0 Å². The van der Waals surface area contributed by atoms with Gasteiger partial charge in [-0.1, -0.05) is 51.8 Å². The molecule has 3 heteroatoms. The molecule has 20 heavy (non-hydrogen) atoms. The number of aryl methyl sites for hydroxylation is 1. The summed E-state index contributed by atoms with van der Waals surface area (Å²) in [6.07, 6.45) is 1.64. The molecule has 106 valence electrons. The van der Waals surface area contributed by atoms with Crippen molar-refractivity contribution in [1.82, 2.24) is 0 Å². The highest BCUT2D eigenvalue weighted by Gasteiger charge is 2.12. The predicted octanol–water partition coefficient (Wildman–Crippen LogP) is 4.80. The molecule has 2 aromatic rings. The van der Waals surface area contributed by atoms with E-state index in [-0.39, 0.29) is 12.5 Å². The summed E-state index contributed by atoms with van der Waals surface area (Å²) in [5.74, 6) is 0.185. The Balaban J connectivity index is 2.09. The maximum Gasteiger partial charge on any atom is 0.0465 e. The SMILES string of the molecule is Cc1ccc(CC(CO)Cc2cccc(Br)c2)c(Cl)c1. The minimum absolute atomic E-state index is 0.163. The second-order valence-corrected chi connectivity index (χ2v) is 6.50. The van der Waals surface area contributed by atoms with Crippen LogP contribution in [0.2, 0.25) is 5.02 Å². The number of aliphatic hydroxyl groups is 1. The molecule has 0 saturated heterocycles. The molecule has 0 aliphatic heterocycles. The van der Waals surface area contributed by atoms with Crippen LogP contribution in [0.25, 0.3) is 0 Å². The largest absolute Gasteiger partial charge is 0.396 e. The standard InChI is InChI=1S/C17H18BrClO/c1-12-5-6-15(17(19)7-12)9-14(11-20)8-13-3-2-4-16(18)10-13/h2-7,10,14,20H,8-9,11H2,1H3. The summed E-state index contributed by atoms with van der Waals surface area (Å²) >= 11 is 9.75. The molecule has 1 nitrogen and oxygen atoms in total. The molecule has 1 atom stereocenters. The van der Waals surface area contributed by atoms with Crippen molar-refractivity contribution in [3.63, 3.8) is 0 Å². The first-order chi connectivity index (χ1) is 9.58.